The van der Waals surface area contributed by atoms with Crippen LogP contribution in [0.1, 0.15) is 96.8 Å². The minimum Gasteiger partial charge on any atom is -0.480 e. The molecule has 0 rings (SSSR count). The van der Waals surface area contributed by atoms with E-state index in [9.17, 15) is 9.90 Å². The van der Waals surface area contributed by atoms with Crippen LogP contribution >= 0.6 is 0 Å². The van der Waals surface area contributed by atoms with E-state index in [0.717, 1.165) is 6.42 Å². The number of aliphatic carboxylic acids is 1. The van der Waals surface area contributed by atoms with Gasteiger partial charge in [-0.1, -0.05) is 90.4 Å². The van der Waals surface area contributed by atoms with Gasteiger partial charge in [0.2, 0.25) is 0 Å². The largest absolute Gasteiger partial charge is 0.480 e. The Balaban J connectivity index is 3.10. The van der Waals surface area contributed by atoms with Crippen LogP contribution in [0.3, 0.4) is 0 Å². The number of aliphatic hydroxyl groups excluding tert-OH is 1. The summed E-state index contributed by atoms with van der Waals surface area (Å²) in [4.78, 5) is 10.3. The summed E-state index contributed by atoms with van der Waals surface area (Å²) in [5.41, 5.74) is 0. The van der Waals surface area contributed by atoms with E-state index in [0.29, 0.717) is 6.61 Å². The molecule has 0 aliphatic carbocycles. The molecule has 0 aliphatic rings. The molecule has 26 heavy (non-hydrogen) atoms. The zero-order valence-corrected chi connectivity index (χ0v) is 16.9. The molecule has 0 amide bonds. The minimum atomic E-state index is -1.03. The first kappa shape index (κ1) is 25.4. The van der Waals surface area contributed by atoms with Crippen LogP contribution in [-0.2, 0) is 14.3 Å². The lowest BCUT2D eigenvalue weighted by atomic mass is 10.0. The molecule has 0 bridgehead atoms. The quantitative estimate of drug-likeness (QED) is 0.278. The summed E-state index contributed by atoms with van der Waals surface area (Å²) < 4.78 is 10.2. The van der Waals surface area contributed by atoms with Crippen molar-refractivity contribution in [2.24, 2.45) is 0 Å². The fourth-order valence-corrected chi connectivity index (χ4v) is 2.95. The van der Waals surface area contributed by atoms with Gasteiger partial charge >= 0.3 is 5.97 Å². The summed E-state index contributed by atoms with van der Waals surface area (Å²) in [6, 6.07) is 0. The Morgan fingerprint density at radius 1 is 0.731 bits per heavy atom. The third-order valence-corrected chi connectivity index (χ3v) is 4.49. The first-order valence-corrected chi connectivity index (χ1v) is 10.7. The lowest BCUT2D eigenvalue weighted by Crippen LogP contribution is -2.23. The Morgan fingerprint density at radius 2 is 1.15 bits per heavy atom. The van der Waals surface area contributed by atoms with E-state index in [-0.39, 0.29) is 19.8 Å². The van der Waals surface area contributed by atoms with Crippen LogP contribution in [0.4, 0.5) is 0 Å². The van der Waals surface area contributed by atoms with Crippen molar-refractivity contribution < 1.29 is 24.5 Å². The summed E-state index contributed by atoms with van der Waals surface area (Å²) in [6.45, 7) is 2.74. The van der Waals surface area contributed by atoms with E-state index < -0.39 is 12.1 Å². The van der Waals surface area contributed by atoms with Crippen molar-refractivity contribution in [1.29, 1.82) is 0 Å². The van der Waals surface area contributed by atoms with Gasteiger partial charge in [-0.25, -0.2) is 4.79 Å². The molecule has 156 valence electrons. The van der Waals surface area contributed by atoms with Crippen LogP contribution < -0.4 is 0 Å². The first-order valence-electron chi connectivity index (χ1n) is 10.7. The zero-order valence-electron chi connectivity index (χ0n) is 16.9. The van der Waals surface area contributed by atoms with Gasteiger partial charge in [0, 0.05) is 6.61 Å². The molecule has 0 aromatic heterocycles. The third kappa shape index (κ3) is 21.4. The molecule has 0 saturated heterocycles. The van der Waals surface area contributed by atoms with Crippen molar-refractivity contribution in [1.82, 2.24) is 0 Å². The molecule has 0 aliphatic heterocycles. The van der Waals surface area contributed by atoms with Crippen molar-refractivity contribution in [2.75, 3.05) is 26.4 Å². The SMILES string of the molecule is CCCCCCCCCCCCCCCCOCC(O)COCC(=O)O. The van der Waals surface area contributed by atoms with Crippen molar-refractivity contribution in [3.63, 3.8) is 0 Å². The molecule has 5 heteroatoms. The number of unbranched alkanes of at least 4 members (excludes halogenated alkanes) is 13. The lowest BCUT2D eigenvalue weighted by Gasteiger charge is -2.11. The Morgan fingerprint density at radius 3 is 1.62 bits per heavy atom. The Labute approximate surface area is 160 Å². The maximum absolute atomic E-state index is 10.3. The number of rotatable bonds is 21. The van der Waals surface area contributed by atoms with Gasteiger partial charge in [0.05, 0.1) is 13.2 Å². The smallest absolute Gasteiger partial charge is 0.329 e. The number of carbonyl (C=O) groups is 1. The molecule has 2 N–H and O–H groups in total. The van der Waals surface area contributed by atoms with Gasteiger partial charge in [0.15, 0.2) is 0 Å². The van der Waals surface area contributed by atoms with Crippen molar-refractivity contribution in [3.05, 3.63) is 0 Å². The normalized spacial score (nSPS) is 12.4. The average Bonchev–Trinajstić information content (AvgIpc) is 2.61. The number of carboxylic acids is 1. The second-order valence-electron chi connectivity index (χ2n) is 7.23. The molecule has 0 fully saturated rings. The van der Waals surface area contributed by atoms with Gasteiger partial charge in [0.25, 0.3) is 0 Å². The van der Waals surface area contributed by atoms with Crippen LogP contribution in [0.25, 0.3) is 0 Å². The summed E-state index contributed by atoms with van der Waals surface area (Å²) in [5.74, 6) is -1.03. The highest BCUT2D eigenvalue weighted by atomic mass is 16.5. The average molecular weight is 375 g/mol. The predicted molar refractivity (Wildman–Crippen MR) is 106 cm³/mol. The zero-order chi connectivity index (χ0) is 19.3. The fraction of sp³-hybridized carbons (Fsp3) is 0.952. The number of aliphatic hydroxyl groups is 1. The molecule has 0 heterocycles. The van der Waals surface area contributed by atoms with E-state index in [1.54, 1.807) is 0 Å². The Bertz CT molecular complexity index is 296. The summed E-state index contributed by atoms with van der Waals surface area (Å²) in [7, 11) is 0. The van der Waals surface area contributed by atoms with E-state index in [1.165, 1.54) is 83.5 Å². The maximum Gasteiger partial charge on any atom is 0.329 e. The second-order valence-corrected chi connectivity index (χ2v) is 7.23. The molecule has 0 radical (unpaired) electrons. The van der Waals surface area contributed by atoms with Gasteiger partial charge in [-0.2, -0.15) is 0 Å². The minimum absolute atomic E-state index is 0.00500. The van der Waals surface area contributed by atoms with Gasteiger partial charge in [-0.3, -0.25) is 0 Å². The number of hydrogen-bond donors (Lipinski definition) is 2. The van der Waals surface area contributed by atoms with E-state index >= 15 is 0 Å². The Hall–Kier alpha value is -0.650. The van der Waals surface area contributed by atoms with Gasteiger partial charge in [0.1, 0.15) is 12.7 Å². The predicted octanol–water partition coefficient (Wildman–Crippen LogP) is 4.95. The van der Waals surface area contributed by atoms with E-state index in [4.69, 9.17) is 14.6 Å². The molecule has 1 unspecified atom stereocenters. The van der Waals surface area contributed by atoms with Crippen molar-refractivity contribution in [2.45, 2.75) is 103 Å². The highest BCUT2D eigenvalue weighted by Gasteiger charge is 2.05. The molecule has 0 spiro atoms. The van der Waals surface area contributed by atoms with Crippen LogP contribution in [0.5, 0.6) is 0 Å². The molecular weight excluding hydrogens is 332 g/mol. The molecule has 0 aromatic rings. The third-order valence-electron chi connectivity index (χ3n) is 4.49. The molecular formula is C21H42O5. The lowest BCUT2D eigenvalue weighted by molar-refractivity contribution is -0.143. The first-order chi connectivity index (χ1) is 12.7. The second kappa shape index (κ2) is 20.7. The van der Waals surface area contributed by atoms with Crippen molar-refractivity contribution in [3.8, 4) is 0 Å². The van der Waals surface area contributed by atoms with Gasteiger partial charge < -0.3 is 19.7 Å². The van der Waals surface area contributed by atoms with Crippen LogP contribution in [0.15, 0.2) is 0 Å². The standard InChI is InChI=1S/C21H42O5/c1-2-3-4-5-6-7-8-9-10-11-12-13-14-15-16-25-17-20(22)18-26-19-21(23)24/h20,22H,2-19H2,1H3,(H,23,24). The maximum atomic E-state index is 10.3. The summed E-state index contributed by atoms with van der Waals surface area (Å²) in [6.07, 6.45) is 17.9. The van der Waals surface area contributed by atoms with E-state index in [1.807, 2.05) is 0 Å². The summed E-state index contributed by atoms with van der Waals surface area (Å²) in [5, 5.41) is 17.9. The highest BCUT2D eigenvalue weighted by molar-refractivity contribution is 5.67. The van der Waals surface area contributed by atoms with Crippen molar-refractivity contribution >= 4 is 5.97 Å². The molecule has 5 nitrogen and oxygen atoms in total. The number of carboxylic acid groups (broad SMARTS) is 1. The summed E-state index contributed by atoms with van der Waals surface area (Å²) >= 11 is 0. The number of ether oxygens (including phenoxy) is 2. The highest BCUT2D eigenvalue weighted by Crippen LogP contribution is 2.12. The molecule has 0 saturated carbocycles. The topological polar surface area (TPSA) is 76.0 Å². The fourth-order valence-electron chi connectivity index (χ4n) is 2.95. The number of hydrogen-bond acceptors (Lipinski definition) is 4. The van der Waals surface area contributed by atoms with Crippen LogP contribution in [0, 0.1) is 0 Å². The van der Waals surface area contributed by atoms with Gasteiger partial charge in [-0.15, -0.1) is 0 Å². The van der Waals surface area contributed by atoms with E-state index in [2.05, 4.69) is 6.92 Å². The Kier molecular flexibility index (Phi) is 20.1. The van der Waals surface area contributed by atoms with Crippen LogP contribution in [0.2, 0.25) is 0 Å². The van der Waals surface area contributed by atoms with Crippen LogP contribution in [-0.4, -0.2) is 48.7 Å². The van der Waals surface area contributed by atoms with Gasteiger partial charge in [-0.05, 0) is 6.42 Å². The molecule has 1 atom stereocenters. The monoisotopic (exact) mass is 374 g/mol. The molecule has 0 aromatic carbocycles.